The van der Waals surface area contributed by atoms with Crippen molar-refractivity contribution in [1.82, 2.24) is 9.78 Å². The van der Waals surface area contributed by atoms with E-state index in [-0.39, 0.29) is 5.56 Å². The van der Waals surface area contributed by atoms with Gasteiger partial charge in [-0.05, 0) is 37.1 Å². The molecule has 0 saturated carbocycles. The summed E-state index contributed by atoms with van der Waals surface area (Å²) in [6, 6.07) is 6.78. The van der Waals surface area contributed by atoms with E-state index in [1.807, 2.05) is 4.68 Å². The smallest absolute Gasteiger partial charge is 0.335 e. The first kappa shape index (κ1) is 11.8. The van der Waals surface area contributed by atoms with Crippen LogP contribution in [0, 0.1) is 0 Å². The third-order valence-corrected chi connectivity index (χ3v) is 3.43. The molecular weight excluding hydrogens is 242 g/mol. The Hall–Kier alpha value is -2.30. The minimum Gasteiger partial charge on any atom is -0.478 e. The highest BCUT2D eigenvalue weighted by molar-refractivity contribution is 5.87. The number of hydrogen-bond acceptors (Lipinski definition) is 3. The standard InChI is InChI=1S/C14H15N3O2/c1-2-12-11-7-8-15-13(11)17(16-12)10-5-3-9(4-6-10)14(18)19/h3-6,15H,2,7-8H2,1H3,(H,18,19). The minimum atomic E-state index is -0.912. The van der Waals surface area contributed by atoms with Crippen molar-refractivity contribution in [3.05, 3.63) is 41.1 Å². The highest BCUT2D eigenvalue weighted by atomic mass is 16.4. The summed E-state index contributed by atoms with van der Waals surface area (Å²) in [6.07, 6.45) is 1.91. The zero-order chi connectivity index (χ0) is 13.4. The van der Waals surface area contributed by atoms with Crippen molar-refractivity contribution in [3.63, 3.8) is 0 Å². The van der Waals surface area contributed by atoms with Crippen molar-refractivity contribution < 1.29 is 9.90 Å². The van der Waals surface area contributed by atoms with Gasteiger partial charge in [0, 0.05) is 12.1 Å². The number of aryl methyl sites for hydroxylation is 1. The van der Waals surface area contributed by atoms with Gasteiger partial charge in [-0.2, -0.15) is 5.10 Å². The molecule has 2 aromatic rings. The molecule has 5 heteroatoms. The van der Waals surface area contributed by atoms with E-state index >= 15 is 0 Å². The summed E-state index contributed by atoms with van der Waals surface area (Å²) in [6.45, 7) is 3.03. The lowest BCUT2D eigenvalue weighted by molar-refractivity contribution is 0.0697. The lowest BCUT2D eigenvalue weighted by Crippen LogP contribution is -2.05. The van der Waals surface area contributed by atoms with Crippen LogP contribution in [0.25, 0.3) is 5.69 Å². The van der Waals surface area contributed by atoms with Gasteiger partial charge in [-0.25, -0.2) is 9.48 Å². The highest BCUT2D eigenvalue weighted by Gasteiger charge is 2.21. The summed E-state index contributed by atoms with van der Waals surface area (Å²) in [5.74, 6) is 0.129. The Balaban J connectivity index is 2.05. The second-order valence-corrected chi connectivity index (χ2v) is 4.57. The first-order valence-corrected chi connectivity index (χ1v) is 6.39. The molecule has 3 rings (SSSR count). The lowest BCUT2D eigenvalue weighted by atomic mass is 10.2. The number of carbonyl (C=O) groups is 1. The molecule has 0 radical (unpaired) electrons. The van der Waals surface area contributed by atoms with E-state index in [1.54, 1.807) is 24.3 Å². The molecule has 5 nitrogen and oxygen atoms in total. The number of anilines is 1. The number of hydrogen-bond donors (Lipinski definition) is 2. The fourth-order valence-electron chi connectivity index (χ4n) is 2.46. The van der Waals surface area contributed by atoms with Crippen LogP contribution in [0.1, 0.15) is 28.5 Å². The topological polar surface area (TPSA) is 67.2 Å². The van der Waals surface area contributed by atoms with Crippen molar-refractivity contribution in [2.45, 2.75) is 19.8 Å². The van der Waals surface area contributed by atoms with Crippen LogP contribution in [-0.4, -0.2) is 27.4 Å². The summed E-state index contributed by atoms with van der Waals surface area (Å²) in [5.41, 5.74) is 3.57. The second kappa shape index (κ2) is 4.42. The zero-order valence-corrected chi connectivity index (χ0v) is 10.7. The number of benzene rings is 1. The van der Waals surface area contributed by atoms with Crippen LogP contribution in [0.5, 0.6) is 0 Å². The molecule has 0 spiro atoms. The van der Waals surface area contributed by atoms with Crippen molar-refractivity contribution in [3.8, 4) is 5.69 Å². The van der Waals surface area contributed by atoms with E-state index in [0.717, 1.165) is 36.6 Å². The van der Waals surface area contributed by atoms with Gasteiger partial charge in [-0.15, -0.1) is 0 Å². The maximum absolute atomic E-state index is 10.9. The molecule has 0 amide bonds. The fraction of sp³-hybridized carbons (Fsp3) is 0.286. The van der Waals surface area contributed by atoms with Crippen molar-refractivity contribution >= 4 is 11.8 Å². The predicted octanol–water partition coefficient (Wildman–Crippen LogP) is 2.10. The van der Waals surface area contributed by atoms with Gasteiger partial charge in [0.25, 0.3) is 0 Å². The van der Waals surface area contributed by atoms with Gasteiger partial charge in [0.05, 0.1) is 16.9 Å². The summed E-state index contributed by atoms with van der Waals surface area (Å²) in [4.78, 5) is 10.9. The molecule has 0 bridgehead atoms. The average molecular weight is 257 g/mol. The van der Waals surface area contributed by atoms with Crippen molar-refractivity contribution in [2.75, 3.05) is 11.9 Å². The number of aromatic nitrogens is 2. The predicted molar refractivity (Wildman–Crippen MR) is 72.1 cm³/mol. The molecule has 1 aromatic heterocycles. The molecule has 0 atom stereocenters. The van der Waals surface area contributed by atoms with Crippen LogP contribution in [0.3, 0.4) is 0 Å². The molecule has 98 valence electrons. The number of rotatable bonds is 3. The minimum absolute atomic E-state index is 0.288. The quantitative estimate of drug-likeness (QED) is 0.883. The molecule has 0 aliphatic carbocycles. The molecule has 0 unspecified atom stereocenters. The summed E-state index contributed by atoms with van der Waals surface area (Å²) < 4.78 is 1.87. The van der Waals surface area contributed by atoms with Crippen molar-refractivity contribution in [2.24, 2.45) is 0 Å². The largest absolute Gasteiger partial charge is 0.478 e. The number of nitrogens with zero attached hydrogens (tertiary/aromatic N) is 2. The van der Waals surface area contributed by atoms with Gasteiger partial charge in [0.1, 0.15) is 5.82 Å². The van der Waals surface area contributed by atoms with Gasteiger partial charge in [-0.1, -0.05) is 6.92 Å². The van der Waals surface area contributed by atoms with E-state index in [4.69, 9.17) is 5.11 Å². The van der Waals surface area contributed by atoms with Crippen molar-refractivity contribution in [1.29, 1.82) is 0 Å². The van der Waals surface area contributed by atoms with E-state index < -0.39 is 5.97 Å². The van der Waals surface area contributed by atoms with E-state index in [1.165, 1.54) is 5.56 Å². The lowest BCUT2D eigenvalue weighted by Gasteiger charge is -2.06. The van der Waals surface area contributed by atoms with Crippen LogP contribution in [-0.2, 0) is 12.8 Å². The number of aromatic carboxylic acids is 1. The molecule has 19 heavy (non-hydrogen) atoms. The molecule has 0 fully saturated rings. The normalized spacial score (nSPS) is 13.1. The SMILES string of the molecule is CCc1nn(-c2ccc(C(=O)O)cc2)c2c1CCN2. The zero-order valence-electron chi connectivity index (χ0n) is 10.7. The number of carboxylic acid groups (broad SMARTS) is 1. The fourth-order valence-corrected chi connectivity index (χ4v) is 2.46. The Morgan fingerprint density at radius 3 is 2.79 bits per heavy atom. The third-order valence-electron chi connectivity index (χ3n) is 3.43. The highest BCUT2D eigenvalue weighted by Crippen LogP contribution is 2.28. The number of nitrogens with one attached hydrogen (secondary N) is 1. The first-order chi connectivity index (χ1) is 9.20. The molecule has 1 aromatic carbocycles. The van der Waals surface area contributed by atoms with Gasteiger partial charge >= 0.3 is 5.97 Å². The van der Waals surface area contributed by atoms with Crippen LogP contribution in [0.15, 0.2) is 24.3 Å². The Morgan fingerprint density at radius 1 is 1.42 bits per heavy atom. The van der Waals surface area contributed by atoms with Crippen LogP contribution >= 0.6 is 0 Å². The number of carboxylic acids is 1. The molecule has 1 aliphatic heterocycles. The molecule has 2 N–H and O–H groups in total. The van der Waals surface area contributed by atoms with Gasteiger partial charge in [0.15, 0.2) is 0 Å². The molecule has 2 heterocycles. The molecule has 0 saturated heterocycles. The van der Waals surface area contributed by atoms with E-state index in [0.29, 0.717) is 0 Å². The summed E-state index contributed by atoms with van der Waals surface area (Å²) in [7, 11) is 0. The van der Waals surface area contributed by atoms with E-state index in [9.17, 15) is 4.79 Å². The number of fused-ring (bicyclic) bond motifs is 1. The maximum atomic E-state index is 10.9. The van der Waals surface area contributed by atoms with Gasteiger partial charge in [-0.3, -0.25) is 0 Å². The van der Waals surface area contributed by atoms with Crippen LogP contribution in [0.2, 0.25) is 0 Å². The Morgan fingerprint density at radius 2 is 2.16 bits per heavy atom. The Kier molecular flexibility index (Phi) is 2.74. The van der Waals surface area contributed by atoms with Crippen LogP contribution in [0.4, 0.5) is 5.82 Å². The van der Waals surface area contributed by atoms with E-state index in [2.05, 4.69) is 17.3 Å². The monoisotopic (exact) mass is 257 g/mol. The van der Waals surface area contributed by atoms with Crippen LogP contribution < -0.4 is 5.32 Å². The van der Waals surface area contributed by atoms with Gasteiger partial charge < -0.3 is 10.4 Å². The second-order valence-electron chi connectivity index (χ2n) is 4.57. The Labute approximate surface area is 110 Å². The molecular formula is C14H15N3O2. The summed E-state index contributed by atoms with van der Waals surface area (Å²) in [5, 5.41) is 16.9. The first-order valence-electron chi connectivity index (χ1n) is 6.39. The average Bonchev–Trinajstić information content (AvgIpc) is 3.00. The van der Waals surface area contributed by atoms with Gasteiger partial charge in [0.2, 0.25) is 0 Å². The Bertz CT molecular complexity index is 629. The third kappa shape index (κ3) is 1.87. The summed E-state index contributed by atoms with van der Waals surface area (Å²) >= 11 is 0. The molecule has 1 aliphatic rings. The maximum Gasteiger partial charge on any atom is 0.335 e.